The van der Waals surface area contributed by atoms with Crippen LogP contribution >= 0.6 is 0 Å². The predicted octanol–water partition coefficient (Wildman–Crippen LogP) is 1.29. The quantitative estimate of drug-likeness (QED) is 0.647. The van der Waals surface area contributed by atoms with E-state index in [-0.39, 0.29) is 24.8 Å². The summed E-state index contributed by atoms with van der Waals surface area (Å²) in [6.45, 7) is 4.48. The normalized spacial score (nSPS) is 29.4. The summed E-state index contributed by atoms with van der Waals surface area (Å²) in [7, 11) is 0. The van der Waals surface area contributed by atoms with Crippen molar-refractivity contribution in [3.05, 3.63) is 0 Å². The maximum atomic E-state index is 9.80. The molecular formula is C12H25NO2. The van der Waals surface area contributed by atoms with Crippen molar-refractivity contribution in [3.63, 3.8) is 0 Å². The molecule has 0 heterocycles. The van der Waals surface area contributed by atoms with Gasteiger partial charge in [0.1, 0.15) is 0 Å². The molecule has 3 heteroatoms. The van der Waals surface area contributed by atoms with Gasteiger partial charge in [-0.2, -0.15) is 0 Å². The highest BCUT2D eigenvalue weighted by Gasteiger charge is 2.25. The predicted molar refractivity (Wildman–Crippen MR) is 61.7 cm³/mol. The molecule has 15 heavy (non-hydrogen) atoms. The van der Waals surface area contributed by atoms with Crippen LogP contribution < -0.4 is 5.32 Å². The van der Waals surface area contributed by atoms with Gasteiger partial charge in [-0.25, -0.2) is 0 Å². The van der Waals surface area contributed by atoms with E-state index in [2.05, 4.69) is 19.2 Å². The van der Waals surface area contributed by atoms with Crippen LogP contribution in [0.3, 0.4) is 0 Å². The van der Waals surface area contributed by atoms with Crippen LogP contribution in [-0.2, 0) is 0 Å². The molecule has 1 aliphatic carbocycles. The zero-order chi connectivity index (χ0) is 11.3. The third-order valence-corrected chi connectivity index (χ3v) is 3.16. The highest BCUT2D eigenvalue weighted by Crippen LogP contribution is 2.19. The fraction of sp³-hybridized carbons (Fsp3) is 1.00. The van der Waals surface area contributed by atoms with Gasteiger partial charge in [-0.1, -0.05) is 26.7 Å². The third kappa shape index (κ3) is 4.49. The topological polar surface area (TPSA) is 52.5 Å². The van der Waals surface area contributed by atoms with Gasteiger partial charge in [-0.3, -0.25) is 0 Å². The van der Waals surface area contributed by atoms with Gasteiger partial charge >= 0.3 is 0 Å². The van der Waals surface area contributed by atoms with E-state index in [9.17, 15) is 10.2 Å². The lowest BCUT2D eigenvalue weighted by molar-refractivity contribution is 0.0758. The second kappa shape index (κ2) is 6.46. The van der Waals surface area contributed by atoms with Crippen molar-refractivity contribution in [1.82, 2.24) is 5.32 Å². The van der Waals surface area contributed by atoms with Gasteiger partial charge in [-0.05, 0) is 25.2 Å². The van der Waals surface area contributed by atoms with E-state index in [1.54, 1.807) is 0 Å². The van der Waals surface area contributed by atoms with E-state index in [1.165, 1.54) is 6.42 Å². The van der Waals surface area contributed by atoms with Crippen molar-refractivity contribution in [2.75, 3.05) is 6.61 Å². The molecule has 0 amide bonds. The standard InChI is InChI=1S/C12H25NO2/c1-9(2)7-10(8-14)13-11-5-3-4-6-12(11)15/h9-15H,3-8H2,1-2H3/t10?,11-,12-/m0/s1. The van der Waals surface area contributed by atoms with Crippen LogP contribution in [0, 0.1) is 5.92 Å². The molecule has 3 N–H and O–H groups in total. The lowest BCUT2D eigenvalue weighted by atomic mass is 9.91. The van der Waals surface area contributed by atoms with Crippen LogP contribution in [0.4, 0.5) is 0 Å². The number of hydrogen-bond donors (Lipinski definition) is 3. The SMILES string of the molecule is CC(C)CC(CO)N[C@H]1CCCC[C@@H]1O. The number of rotatable bonds is 5. The van der Waals surface area contributed by atoms with Crippen LogP contribution in [-0.4, -0.2) is 35.0 Å². The molecule has 0 aromatic rings. The van der Waals surface area contributed by atoms with E-state index < -0.39 is 0 Å². The van der Waals surface area contributed by atoms with E-state index in [0.717, 1.165) is 25.7 Å². The van der Waals surface area contributed by atoms with E-state index in [1.807, 2.05) is 0 Å². The molecule has 1 aliphatic rings. The highest BCUT2D eigenvalue weighted by atomic mass is 16.3. The number of hydrogen-bond acceptors (Lipinski definition) is 3. The molecule has 0 saturated heterocycles. The number of nitrogens with one attached hydrogen (secondary N) is 1. The Morgan fingerprint density at radius 3 is 2.47 bits per heavy atom. The maximum absolute atomic E-state index is 9.80. The Kier molecular flexibility index (Phi) is 5.58. The second-order valence-electron chi connectivity index (χ2n) is 5.13. The third-order valence-electron chi connectivity index (χ3n) is 3.16. The van der Waals surface area contributed by atoms with Gasteiger partial charge in [0.05, 0.1) is 12.7 Å². The Balaban J connectivity index is 2.35. The first-order valence-corrected chi connectivity index (χ1v) is 6.18. The zero-order valence-electron chi connectivity index (χ0n) is 9.95. The Labute approximate surface area is 92.9 Å². The summed E-state index contributed by atoms with van der Waals surface area (Å²) in [6, 6.07) is 0.331. The first kappa shape index (κ1) is 12.9. The summed E-state index contributed by atoms with van der Waals surface area (Å²) in [4.78, 5) is 0. The van der Waals surface area contributed by atoms with Gasteiger partial charge in [-0.15, -0.1) is 0 Å². The number of aliphatic hydroxyl groups is 2. The minimum absolute atomic E-state index is 0.141. The fourth-order valence-corrected chi connectivity index (χ4v) is 2.37. The Morgan fingerprint density at radius 2 is 1.93 bits per heavy atom. The summed E-state index contributed by atoms with van der Waals surface area (Å²) < 4.78 is 0. The van der Waals surface area contributed by atoms with Crippen molar-refractivity contribution in [1.29, 1.82) is 0 Å². The molecule has 0 aromatic carbocycles. The molecule has 1 rings (SSSR count). The molecule has 0 bridgehead atoms. The van der Waals surface area contributed by atoms with Crippen molar-refractivity contribution in [2.45, 2.75) is 64.1 Å². The van der Waals surface area contributed by atoms with Gasteiger partial charge in [0.2, 0.25) is 0 Å². The molecule has 1 saturated carbocycles. The minimum atomic E-state index is -0.222. The Hall–Kier alpha value is -0.120. The number of aliphatic hydroxyl groups excluding tert-OH is 2. The molecule has 90 valence electrons. The lowest BCUT2D eigenvalue weighted by Gasteiger charge is -2.32. The van der Waals surface area contributed by atoms with Crippen LogP contribution in [0.15, 0.2) is 0 Å². The van der Waals surface area contributed by atoms with Crippen molar-refractivity contribution in [3.8, 4) is 0 Å². The van der Waals surface area contributed by atoms with Gasteiger partial charge < -0.3 is 15.5 Å². The molecule has 0 spiro atoms. The maximum Gasteiger partial charge on any atom is 0.0693 e. The summed E-state index contributed by atoms with van der Waals surface area (Å²) in [5, 5.41) is 22.4. The summed E-state index contributed by atoms with van der Waals surface area (Å²) in [5.41, 5.74) is 0. The first-order valence-electron chi connectivity index (χ1n) is 6.18. The summed E-state index contributed by atoms with van der Waals surface area (Å²) in [6.07, 6.45) is 5.01. The average Bonchev–Trinajstić information content (AvgIpc) is 2.19. The molecule has 1 unspecified atom stereocenters. The van der Waals surface area contributed by atoms with E-state index in [0.29, 0.717) is 5.92 Å². The smallest absolute Gasteiger partial charge is 0.0693 e. The minimum Gasteiger partial charge on any atom is -0.395 e. The molecule has 0 radical (unpaired) electrons. The zero-order valence-corrected chi connectivity index (χ0v) is 9.95. The largest absolute Gasteiger partial charge is 0.395 e. The fourth-order valence-electron chi connectivity index (χ4n) is 2.37. The lowest BCUT2D eigenvalue weighted by Crippen LogP contribution is -2.48. The molecule has 3 nitrogen and oxygen atoms in total. The molecule has 1 fully saturated rings. The van der Waals surface area contributed by atoms with E-state index >= 15 is 0 Å². The second-order valence-corrected chi connectivity index (χ2v) is 5.13. The van der Waals surface area contributed by atoms with Crippen LogP contribution in [0.5, 0.6) is 0 Å². The van der Waals surface area contributed by atoms with Gasteiger partial charge in [0.15, 0.2) is 0 Å². The Bertz CT molecular complexity index is 173. The van der Waals surface area contributed by atoms with Crippen molar-refractivity contribution >= 4 is 0 Å². The average molecular weight is 215 g/mol. The Morgan fingerprint density at radius 1 is 1.27 bits per heavy atom. The molecule has 0 aromatic heterocycles. The van der Waals surface area contributed by atoms with Crippen LogP contribution in [0.2, 0.25) is 0 Å². The van der Waals surface area contributed by atoms with Crippen LogP contribution in [0.25, 0.3) is 0 Å². The summed E-state index contributed by atoms with van der Waals surface area (Å²) >= 11 is 0. The van der Waals surface area contributed by atoms with Crippen LogP contribution in [0.1, 0.15) is 46.0 Å². The van der Waals surface area contributed by atoms with Crippen molar-refractivity contribution in [2.24, 2.45) is 5.92 Å². The first-order chi connectivity index (χ1) is 7.13. The molecule has 0 aliphatic heterocycles. The van der Waals surface area contributed by atoms with Crippen molar-refractivity contribution < 1.29 is 10.2 Å². The monoisotopic (exact) mass is 215 g/mol. The highest BCUT2D eigenvalue weighted by molar-refractivity contribution is 4.83. The van der Waals surface area contributed by atoms with Gasteiger partial charge in [0, 0.05) is 12.1 Å². The van der Waals surface area contributed by atoms with Gasteiger partial charge in [0.25, 0.3) is 0 Å². The molecular weight excluding hydrogens is 190 g/mol. The molecule has 3 atom stereocenters. The summed E-state index contributed by atoms with van der Waals surface area (Å²) in [5.74, 6) is 0.579. The van der Waals surface area contributed by atoms with E-state index in [4.69, 9.17) is 0 Å².